The summed E-state index contributed by atoms with van der Waals surface area (Å²) >= 11 is 0. The molecule has 0 bridgehead atoms. The molecule has 1 nitrogen and oxygen atoms in total. The number of unbranched alkanes of at least 4 members (excludes halogenated alkanes) is 8. The van der Waals surface area contributed by atoms with Crippen molar-refractivity contribution in [3.05, 3.63) is 42.0 Å². The van der Waals surface area contributed by atoms with Crippen molar-refractivity contribution >= 4 is 16.5 Å². The average molecular weight is 324 g/mol. The van der Waals surface area contributed by atoms with Gasteiger partial charge in [0.15, 0.2) is 0 Å². The van der Waals surface area contributed by atoms with Gasteiger partial charge in [-0.05, 0) is 29.9 Å². The fourth-order valence-electron chi connectivity index (χ4n) is 4.12. The fourth-order valence-corrected chi connectivity index (χ4v) is 4.12. The van der Waals surface area contributed by atoms with Crippen molar-refractivity contribution in [1.82, 2.24) is 0 Å². The van der Waals surface area contributed by atoms with E-state index in [0.717, 1.165) is 0 Å². The number of rotatable bonds is 10. The van der Waals surface area contributed by atoms with Gasteiger partial charge in [-0.15, -0.1) is 0 Å². The van der Waals surface area contributed by atoms with Crippen LogP contribution in [0.2, 0.25) is 0 Å². The Labute approximate surface area is 147 Å². The maximum atomic E-state index is 3.79. The number of benzene rings is 2. The molecule has 130 valence electrons. The second-order valence-corrected chi connectivity index (χ2v) is 7.48. The third-order valence-corrected chi connectivity index (χ3v) is 5.47. The van der Waals surface area contributed by atoms with Crippen LogP contribution in [0.1, 0.15) is 76.7 Å². The second kappa shape index (κ2) is 9.11. The maximum absolute atomic E-state index is 3.79. The Morgan fingerprint density at radius 3 is 2.25 bits per heavy atom. The van der Waals surface area contributed by atoms with E-state index in [4.69, 9.17) is 0 Å². The Hall–Kier alpha value is -1.50. The summed E-state index contributed by atoms with van der Waals surface area (Å²) < 4.78 is 0. The fraction of sp³-hybridized carbons (Fsp3) is 0.565. The smallest absolute Gasteiger partial charge is 0.0424 e. The van der Waals surface area contributed by atoms with E-state index >= 15 is 0 Å². The minimum atomic E-state index is 0.620. The molecule has 0 amide bonds. The first-order valence-corrected chi connectivity index (χ1v) is 10.2. The van der Waals surface area contributed by atoms with E-state index in [0.29, 0.717) is 6.04 Å². The molecule has 1 N–H and O–H groups in total. The Kier molecular flexibility index (Phi) is 6.57. The van der Waals surface area contributed by atoms with Gasteiger partial charge in [-0.1, -0.05) is 95.0 Å². The van der Waals surface area contributed by atoms with Crippen molar-refractivity contribution in [1.29, 1.82) is 0 Å². The molecule has 0 saturated heterocycles. The molecule has 1 atom stereocenters. The molecular formula is C23H33N. The first-order valence-electron chi connectivity index (χ1n) is 10.2. The molecule has 0 aromatic heterocycles. The highest BCUT2D eigenvalue weighted by atomic mass is 14.9. The quantitative estimate of drug-likeness (QED) is 0.460. The molecule has 1 aliphatic rings. The molecule has 3 rings (SSSR count). The summed E-state index contributed by atoms with van der Waals surface area (Å²) in [5.41, 5.74) is 2.87. The van der Waals surface area contributed by atoms with Gasteiger partial charge >= 0.3 is 0 Å². The summed E-state index contributed by atoms with van der Waals surface area (Å²) in [6.07, 6.45) is 15.2. The molecular weight excluding hydrogens is 290 g/mol. The summed E-state index contributed by atoms with van der Waals surface area (Å²) in [7, 11) is 0. The number of hydrogen-bond acceptors (Lipinski definition) is 1. The van der Waals surface area contributed by atoms with Crippen molar-refractivity contribution in [3.8, 4) is 0 Å². The van der Waals surface area contributed by atoms with Gasteiger partial charge in [0.05, 0.1) is 0 Å². The zero-order chi connectivity index (χ0) is 16.6. The summed E-state index contributed by atoms with van der Waals surface area (Å²) in [5, 5.41) is 6.61. The van der Waals surface area contributed by atoms with E-state index < -0.39 is 0 Å². The van der Waals surface area contributed by atoms with Gasteiger partial charge in [0.25, 0.3) is 0 Å². The SMILES string of the molecule is CCCCCCCCCCCC1Cc2cccc3cccc(c23)N1. The van der Waals surface area contributed by atoms with Gasteiger partial charge in [-0.2, -0.15) is 0 Å². The lowest BCUT2D eigenvalue weighted by atomic mass is 9.91. The van der Waals surface area contributed by atoms with Gasteiger partial charge in [0, 0.05) is 17.1 Å². The molecule has 2 aromatic rings. The largest absolute Gasteiger partial charge is 0.381 e. The highest BCUT2D eigenvalue weighted by Crippen LogP contribution is 2.33. The van der Waals surface area contributed by atoms with Crippen LogP contribution in [-0.4, -0.2) is 6.04 Å². The lowest BCUT2D eigenvalue weighted by molar-refractivity contribution is 0.533. The third kappa shape index (κ3) is 4.53. The second-order valence-electron chi connectivity index (χ2n) is 7.48. The Bertz CT molecular complexity index is 590. The predicted octanol–water partition coefficient (Wildman–Crippen LogP) is 7.10. The summed E-state index contributed by atoms with van der Waals surface area (Å²) in [6, 6.07) is 14.0. The third-order valence-electron chi connectivity index (χ3n) is 5.47. The highest BCUT2D eigenvalue weighted by Gasteiger charge is 2.18. The van der Waals surface area contributed by atoms with Gasteiger partial charge in [0.1, 0.15) is 0 Å². The number of nitrogens with one attached hydrogen (secondary N) is 1. The van der Waals surface area contributed by atoms with E-state index in [1.165, 1.54) is 92.7 Å². The van der Waals surface area contributed by atoms with Crippen LogP contribution >= 0.6 is 0 Å². The van der Waals surface area contributed by atoms with Gasteiger partial charge < -0.3 is 5.32 Å². The molecule has 0 saturated carbocycles. The molecule has 1 aliphatic heterocycles. The first-order chi connectivity index (χ1) is 11.9. The average Bonchev–Trinajstić information content (AvgIpc) is 2.61. The van der Waals surface area contributed by atoms with Crippen LogP contribution in [0.3, 0.4) is 0 Å². The lowest BCUT2D eigenvalue weighted by Gasteiger charge is -2.27. The van der Waals surface area contributed by atoms with Crippen molar-refractivity contribution in [3.63, 3.8) is 0 Å². The number of anilines is 1. The summed E-state index contributed by atoms with van der Waals surface area (Å²) in [6.45, 7) is 2.29. The van der Waals surface area contributed by atoms with Crippen molar-refractivity contribution in [2.75, 3.05) is 5.32 Å². The molecule has 0 aliphatic carbocycles. The molecule has 1 heterocycles. The van der Waals surface area contributed by atoms with E-state index in [1.54, 1.807) is 0 Å². The van der Waals surface area contributed by atoms with Crippen LogP contribution in [0.15, 0.2) is 36.4 Å². The van der Waals surface area contributed by atoms with Crippen LogP contribution < -0.4 is 5.32 Å². The maximum Gasteiger partial charge on any atom is 0.0424 e. The van der Waals surface area contributed by atoms with E-state index in [-0.39, 0.29) is 0 Å². The minimum absolute atomic E-state index is 0.620. The van der Waals surface area contributed by atoms with Crippen LogP contribution in [-0.2, 0) is 6.42 Å². The zero-order valence-electron chi connectivity index (χ0n) is 15.3. The van der Waals surface area contributed by atoms with Crippen LogP contribution in [0, 0.1) is 0 Å². The first kappa shape index (κ1) is 17.3. The molecule has 0 spiro atoms. The Balaban J connectivity index is 1.38. The normalized spacial score (nSPS) is 16.3. The van der Waals surface area contributed by atoms with Gasteiger partial charge in [0.2, 0.25) is 0 Å². The molecule has 1 heteroatoms. The monoisotopic (exact) mass is 323 g/mol. The van der Waals surface area contributed by atoms with Gasteiger partial charge in [-0.25, -0.2) is 0 Å². The molecule has 24 heavy (non-hydrogen) atoms. The topological polar surface area (TPSA) is 12.0 Å². The van der Waals surface area contributed by atoms with E-state index in [2.05, 4.69) is 48.6 Å². The van der Waals surface area contributed by atoms with Crippen molar-refractivity contribution in [2.24, 2.45) is 0 Å². The van der Waals surface area contributed by atoms with Crippen LogP contribution in [0.25, 0.3) is 10.8 Å². The standard InChI is InChI=1S/C23H33N/c1-2-3-4-5-6-7-8-9-10-16-21-18-20-15-11-13-19-14-12-17-22(24-21)23(19)20/h11-15,17,21,24H,2-10,16,18H2,1H3. The van der Waals surface area contributed by atoms with E-state index in [1.807, 2.05) is 0 Å². The van der Waals surface area contributed by atoms with Gasteiger partial charge in [-0.3, -0.25) is 0 Å². The Morgan fingerprint density at radius 2 is 1.50 bits per heavy atom. The zero-order valence-corrected chi connectivity index (χ0v) is 15.3. The van der Waals surface area contributed by atoms with Crippen molar-refractivity contribution < 1.29 is 0 Å². The van der Waals surface area contributed by atoms with Crippen LogP contribution in [0.5, 0.6) is 0 Å². The summed E-state index contributed by atoms with van der Waals surface area (Å²) in [5.74, 6) is 0. The molecule has 0 fully saturated rings. The predicted molar refractivity (Wildman–Crippen MR) is 107 cm³/mol. The molecule has 1 unspecified atom stereocenters. The lowest BCUT2D eigenvalue weighted by Crippen LogP contribution is -2.26. The summed E-state index contributed by atoms with van der Waals surface area (Å²) in [4.78, 5) is 0. The van der Waals surface area contributed by atoms with E-state index in [9.17, 15) is 0 Å². The number of hydrogen-bond donors (Lipinski definition) is 1. The molecule has 0 radical (unpaired) electrons. The Morgan fingerprint density at radius 1 is 0.833 bits per heavy atom. The van der Waals surface area contributed by atoms with Crippen molar-refractivity contribution in [2.45, 2.75) is 83.6 Å². The molecule has 2 aromatic carbocycles. The highest BCUT2D eigenvalue weighted by molar-refractivity contribution is 5.97. The minimum Gasteiger partial charge on any atom is -0.381 e. The van der Waals surface area contributed by atoms with Crippen LogP contribution in [0.4, 0.5) is 5.69 Å².